The van der Waals surface area contributed by atoms with Gasteiger partial charge < -0.3 is 9.84 Å². The zero-order chi connectivity index (χ0) is 15.5. The fraction of sp³-hybridized carbons (Fsp3) is 0.462. The van der Waals surface area contributed by atoms with Crippen LogP contribution in [0.2, 0.25) is 0 Å². The van der Waals surface area contributed by atoms with E-state index in [4.69, 9.17) is 9.84 Å². The number of rotatable bonds is 7. The van der Waals surface area contributed by atoms with Crippen LogP contribution < -0.4 is 9.46 Å². The molecule has 2 rings (SSSR count). The normalized spacial score (nSPS) is 13.8. The second-order valence-corrected chi connectivity index (χ2v) is 7.63. The van der Waals surface area contributed by atoms with Crippen LogP contribution in [0, 0.1) is 0 Å². The molecule has 8 heteroatoms. The molecule has 0 amide bonds. The molecule has 6 nitrogen and oxygen atoms in total. The van der Waals surface area contributed by atoms with Gasteiger partial charge in [0.05, 0.1) is 12.4 Å². The Morgan fingerprint density at radius 1 is 1.43 bits per heavy atom. The summed E-state index contributed by atoms with van der Waals surface area (Å²) >= 11 is 3.40. The smallest absolute Gasteiger partial charge is 0.303 e. The zero-order valence-electron chi connectivity index (χ0n) is 11.3. The topological polar surface area (TPSA) is 92.7 Å². The monoisotopic (exact) mass is 377 g/mol. The van der Waals surface area contributed by atoms with E-state index in [2.05, 4.69) is 20.7 Å². The van der Waals surface area contributed by atoms with Crippen LogP contribution in [0.15, 0.2) is 16.6 Å². The quantitative estimate of drug-likeness (QED) is 0.753. The molecule has 0 spiro atoms. The molecular formula is C13H16BrNO5S. The first kappa shape index (κ1) is 16.3. The average Bonchev–Trinajstić information content (AvgIpc) is 2.83. The van der Waals surface area contributed by atoms with Crippen molar-refractivity contribution < 1.29 is 23.1 Å². The second kappa shape index (κ2) is 6.76. The summed E-state index contributed by atoms with van der Waals surface area (Å²) in [4.78, 5) is 10.4. The third-order valence-corrected chi connectivity index (χ3v) is 4.98. The van der Waals surface area contributed by atoms with Crippen LogP contribution in [0.1, 0.15) is 24.0 Å². The fourth-order valence-electron chi connectivity index (χ4n) is 2.15. The van der Waals surface area contributed by atoms with Gasteiger partial charge in [0.15, 0.2) is 0 Å². The summed E-state index contributed by atoms with van der Waals surface area (Å²) in [6, 6.07) is 3.79. The van der Waals surface area contributed by atoms with E-state index in [9.17, 15) is 13.2 Å². The highest BCUT2D eigenvalue weighted by Gasteiger charge is 2.19. The van der Waals surface area contributed by atoms with Gasteiger partial charge in [0.2, 0.25) is 10.0 Å². The van der Waals surface area contributed by atoms with Gasteiger partial charge in [0.25, 0.3) is 0 Å². The van der Waals surface area contributed by atoms with Crippen molar-refractivity contribution in [2.75, 3.05) is 12.4 Å². The first-order chi connectivity index (χ1) is 9.87. The predicted molar refractivity (Wildman–Crippen MR) is 80.8 cm³/mol. The first-order valence-electron chi connectivity index (χ1n) is 6.50. The molecule has 116 valence electrons. The number of nitrogens with one attached hydrogen (secondary N) is 1. The van der Waals surface area contributed by atoms with E-state index in [-0.39, 0.29) is 25.1 Å². The van der Waals surface area contributed by atoms with Crippen molar-refractivity contribution >= 4 is 31.9 Å². The Bertz CT molecular complexity index is 644. The Balaban J connectivity index is 1.98. The number of halogens is 1. The molecule has 0 radical (unpaired) electrons. The number of benzene rings is 1. The van der Waals surface area contributed by atoms with Crippen molar-refractivity contribution in [1.82, 2.24) is 4.72 Å². The number of hydrogen-bond acceptors (Lipinski definition) is 4. The van der Waals surface area contributed by atoms with Crippen molar-refractivity contribution in [2.24, 2.45) is 0 Å². The molecule has 1 aromatic rings. The van der Waals surface area contributed by atoms with E-state index in [0.717, 1.165) is 27.8 Å². The van der Waals surface area contributed by atoms with E-state index >= 15 is 0 Å². The van der Waals surface area contributed by atoms with Crippen LogP contribution >= 0.6 is 15.9 Å². The lowest BCUT2D eigenvalue weighted by atomic mass is 10.1. The van der Waals surface area contributed by atoms with Gasteiger partial charge in [0, 0.05) is 29.4 Å². The Morgan fingerprint density at radius 2 is 2.19 bits per heavy atom. The number of carboxylic acids is 1. The van der Waals surface area contributed by atoms with Gasteiger partial charge in [-0.05, 0) is 24.1 Å². The Hall–Kier alpha value is -1.12. The Kier molecular flexibility index (Phi) is 5.23. The van der Waals surface area contributed by atoms with E-state index in [1.165, 1.54) is 0 Å². The maximum Gasteiger partial charge on any atom is 0.303 e. The molecule has 1 aliphatic heterocycles. The number of ether oxygens (including phenoxy) is 1. The van der Waals surface area contributed by atoms with E-state index in [1.54, 1.807) is 0 Å². The number of carboxylic acid groups (broad SMARTS) is 1. The van der Waals surface area contributed by atoms with Crippen LogP contribution in [0.4, 0.5) is 0 Å². The van der Waals surface area contributed by atoms with Crippen molar-refractivity contribution in [1.29, 1.82) is 0 Å². The van der Waals surface area contributed by atoms with Gasteiger partial charge in [-0.25, -0.2) is 13.1 Å². The van der Waals surface area contributed by atoms with Crippen LogP contribution in [0.5, 0.6) is 5.75 Å². The summed E-state index contributed by atoms with van der Waals surface area (Å²) in [6.45, 7) is 0.737. The fourth-order valence-corrected chi connectivity index (χ4v) is 3.75. The molecule has 21 heavy (non-hydrogen) atoms. The molecule has 0 saturated carbocycles. The maximum atomic E-state index is 11.8. The minimum absolute atomic E-state index is 0.0950. The third-order valence-electron chi connectivity index (χ3n) is 3.11. The lowest BCUT2D eigenvalue weighted by molar-refractivity contribution is -0.137. The lowest BCUT2D eigenvalue weighted by Crippen LogP contribution is -2.26. The minimum atomic E-state index is -3.49. The van der Waals surface area contributed by atoms with Crippen LogP contribution in [0.3, 0.4) is 0 Å². The van der Waals surface area contributed by atoms with E-state index in [1.807, 2.05) is 12.1 Å². The summed E-state index contributed by atoms with van der Waals surface area (Å²) in [7, 11) is -3.49. The van der Waals surface area contributed by atoms with Gasteiger partial charge in [-0.2, -0.15) is 0 Å². The molecule has 0 atom stereocenters. The van der Waals surface area contributed by atoms with Crippen LogP contribution in [-0.2, 0) is 27.8 Å². The highest BCUT2D eigenvalue weighted by atomic mass is 79.9. The van der Waals surface area contributed by atoms with Gasteiger partial charge in [-0.1, -0.05) is 15.9 Å². The number of fused-ring (bicyclic) bond motifs is 1. The zero-order valence-corrected chi connectivity index (χ0v) is 13.7. The largest absolute Gasteiger partial charge is 0.493 e. The number of carbonyl (C=O) groups is 1. The van der Waals surface area contributed by atoms with Gasteiger partial charge in [-0.3, -0.25) is 4.79 Å². The first-order valence-corrected chi connectivity index (χ1v) is 8.95. The summed E-state index contributed by atoms with van der Waals surface area (Å²) in [6.07, 6.45) is 0.751. The standard InChI is InChI=1S/C13H16BrNO5S/c14-11-6-9-3-4-20-13(9)10(7-11)8-15-21(18,19)5-1-2-12(16)17/h6-7,15H,1-5,8H2,(H,16,17). The molecule has 1 aliphatic rings. The SMILES string of the molecule is O=C(O)CCCS(=O)(=O)NCc1cc(Br)cc2c1OCC2. The number of sulfonamides is 1. The Morgan fingerprint density at radius 3 is 2.90 bits per heavy atom. The highest BCUT2D eigenvalue weighted by molar-refractivity contribution is 9.10. The molecular weight excluding hydrogens is 362 g/mol. The average molecular weight is 378 g/mol. The van der Waals surface area contributed by atoms with E-state index < -0.39 is 16.0 Å². The second-order valence-electron chi connectivity index (χ2n) is 4.79. The maximum absolute atomic E-state index is 11.8. The molecule has 0 fully saturated rings. The van der Waals surface area contributed by atoms with Gasteiger partial charge in [-0.15, -0.1) is 0 Å². The molecule has 2 N–H and O–H groups in total. The molecule has 0 saturated heterocycles. The summed E-state index contributed by atoms with van der Waals surface area (Å²) in [5.74, 6) is -0.453. The summed E-state index contributed by atoms with van der Waals surface area (Å²) in [5, 5.41) is 8.52. The highest BCUT2D eigenvalue weighted by Crippen LogP contribution is 2.32. The van der Waals surface area contributed by atoms with Crippen LogP contribution in [0.25, 0.3) is 0 Å². The summed E-state index contributed by atoms with van der Waals surface area (Å²) in [5.41, 5.74) is 1.84. The Labute approximate surface area is 131 Å². The molecule has 1 heterocycles. The van der Waals surface area contributed by atoms with Crippen molar-refractivity contribution in [2.45, 2.75) is 25.8 Å². The molecule has 0 unspecified atom stereocenters. The van der Waals surface area contributed by atoms with Gasteiger partial charge in [0.1, 0.15) is 5.75 Å². The van der Waals surface area contributed by atoms with Crippen molar-refractivity contribution in [3.63, 3.8) is 0 Å². The summed E-state index contributed by atoms with van der Waals surface area (Å²) < 4.78 is 32.5. The lowest BCUT2D eigenvalue weighted by Gasteiger charge is -2.10. The minimum Gasteiger partial charge on any atom is -0.493 e. The molecule has 1 aromatic carbocycles. The van der Waals surface area contributed by atoms with Gasteiger partial charge >= 0.3 is 5.97 Å². The van der Waals surface area contributed by atoms with E-state index in [0.29, 0.717) is 6.61 Å². The van der Waals surface area contributed by atoms with Crippen molar-refractivity contribution in [3.05, 3.63) is 27.7 Å². The van der Waals surface area contributed by atoms with Crippen LogP contribution in [-0.4, -0.2) is 31.9 Å². The predicted octanol–water partition coefficient (Wildman–Crippen LogP) is 1.67. The third kappa shape index (κ3) is 4.69. The number of hydrogen-bond donors (Lipinski definition) is 2. The molecule has 0 aliphatic carbocycles. The number of aliphatic carboxylic acids is 1. The molecule has 0 bridgehead atoms. The molecule has 0 aromatic heterocycles. The van der Waals surface area contributed by atoms with Crippen molar-refractivity contribution in [3.8, 4) is 5.75 Å².